The van der Waals surface area contributed by atoms with Crippen molar-refractivity contribution in [1.29, 1.82) is 5.26 Å². The molecule has 0 atom stereocenters. The highest BCUT2D eigenvalue weighted by molar-refractivity contribution is 6.34. The molecule has 0 aliphatic rings. The van der Waals surface area contributed by atoms with Crippen molar-refractivity contribution in [3.8, 4) is 11.9 Å². The molecule has 0 aliphatic heterocycles. The van der Waals surface area contributed by atoms with Crippen LogP contribution < -0.4 is 5.73 Å². The Morgan fingerprint density at radius 1 is 1.40 bits per heavy atom. The molecule has 0 spiro atoms. The van der Waals surface area contributed by atoms with Gasteiger partial charge < -0.3 is 5.73 Å². The predicted octanol–water partition coefficient (Wildman–Crippen LogP) is 0.770. The molecule has 0 aliphatic carbocycles. The van der Waals surface area contributed by atoms with Crippen LogP contribution in [0.15, 0.2) is 18.7 Å². The summed E-state index contributed by atoms with van der Waals surface area (Å²) >= 11 is 5.91. The standard InChI is InChI=1S/C8H5ClN6/c9-6-7(11)13-4-14-8(6)15-2-1-12-5(15)3-10/h1-2,4H,(H2,11,13,14). The van der Waals surface area contributed by atoms with Crippen molar-refractivity contribution in [3.05, 3.63) is 29.6 Å². The van der Waals surface area contributed by atoms with Gasteiger partial charge in [0.2, 0.25) is 5.82 Å². The van der Waals surface area contributed by atoms with Gasteiger partial charge in [0.05, 0.1) is 0 Å². The highest BCUT2D eigenvalue weighted by atomic mass is 35.5. The maximum absolute atomic E-state index is 8.78. The molecule has 0 saturated carbocycles. The number of imidazole rings is 1. The van der Waals surface area contributed by atoms with E-state index < -0.39 is 0 Å². The van der Waals surface area contributed by atoms with E-state index in [0.29, 0.717) is 5.82 Å². The SMILES string of the molecule is N#Cc1nccn1-c1ncnc(N)c1Cl. The Morgan fingerprint density at radius 3 is 2.93 bits per heavy atom. The maximum Gasteiger partial charge on any atom is 0.218 e. The van der Waals surface area contributed by atoms with Crippen molar-refractivity contribution in [2.45, 2.75) is 0 Å². The zero-order valence-corrected chi connectivity index (χ0v) is 8.18. The molecule has 2 aromatic heterocycles. The largest absolute Gasteiger partial charge is 0.382 e. The molecular weight excluding hydrogens is 216 g/mol. The molecule has 15 heavy (non-hydrogen) atoms. The second-order valence-corrected chi connectivity index (χ2v) is 3.01. The summed E-state index contributed by atoms with van der Waals surface area (Å²) < 4.78 is 1.44. The summed E-state index contributed by atoms with van der Waals surface area (Å²) in [4.78, 5) is 11.5. The third kappa shape index (κ3) is 1.49. The Hall–Kier alpha value is -2.13. The van der Waals surface area contributed by atoms with Crippen LogP contribution in [-0.2, 0) is 0 Å². The number of hydrogen-bond donors (Lipinski definition) is 1. The quantitative estimate of drug-likeness (QED) is 0.766. The lowest BCUT2D eigenvalue weighted by Gasteiger charge is -2.05. The van der Waals surface area contributed by atoms with Crippen LogP contribution >= 0.6 is 11.6 Å². The van der Waals surface area contributed by atoms with Gasteiger partial charge in [0.15, 0.2) is 5.82 Å². The van der Waals surface area contributed by atoms with E-state index in [0.717, 1.165) is 0 Å². The summed E-state index contributed by atoms with van der Waals surface area (Å²) in [5.41, 5.74) is 5.52. The number of nitrogens with two attached hydrogens (primary N) is 1. The molecule has 0 radical (unpaired) electrons. The second kappa shape index (κ2) is 3.55. The zero-order chi connectivity index (χ0) is 10.8. The lowest BCUT2D eigenvalue weighted by molar-refractivity contribution is 0.952. The van der Waals surface area contributed by atoms with Crippen LogP contribution in [0.4, 0.5) is 5.82 Å². The third-order valence-electron chi connectivity index (χ3n) is 1.77. The molecule has 0 fully saturated rings. The van der Waals surface area contributed by atoms with E-state index in [-0.39, 0.29) is 16.7 Å². The van der Waals surface area contributed by atoms with E-state index >= 15 is 0 Å². The number of hydrogen-bond acceptors (Lipinski definition) is 5. The minimum atomic E-state index is 0.166. The average molecular weight is 221 g/mol. The van der Waals surface area contributed by atoms with Crippen LogP contribution in [-0.4, -0.2) is 19.5 Å². The molecule has 0 aromatic carbocycles. The van der Waals surface area contributed by atoms with Crippen LogP contribution in [0.3, 0.4) is 0 Å². The fraction of sp³-hybridized carbons (Fsp3) is 0. The smallest absolute Gasteiger partial charge is 0.218 e. The van der Waals surface area contributed by atoms with E-state index in [4.69, 9.17) is 22.6 Å². The Bertz CT molecular complexity index is 540. The number of nitriles is 1. The zero-order valence-electron chi connectivity index (χ0n) is 7.42. The fourth-order valence-electron chi connectivity index (χ4n) is 1.10. The molecule has 6 nitrogen and oxygen atoms in total. The molecule has 2 heterocycles. The van der Waals surface area contributed by atoms with Gasteiger partial charge in [-0.05, 0) is 0 Å². The average Bonchev–Trinajstić information content (AvgIpc) is 2.70. The van der Waals surface area contributed by atoms with Gasteiger partial charge in [0.1, 0.15) is 23.2 Å². The Balaban J connectivity index is 2.65. The highest BCUT2D eigenvalue weighted by Gasteiger charge is 2.11. The van der Waals surface area contributed by atoms with Gasteiger partial charge in [-0.2, -0.15) is 5.26 Å². The van der Waals surface area contributed by atoms with Crippen LogP contribution in [0.2, 0.25) is 5.02 Å². The first-order valence-corrected chi connectivity index (χ1v) is 4.31. The summed E-state index contributed by atoms with van der Waals surface area (Å²) in [6.45, 7) is 0. The van der Waals surface area contributed by atoms with Gasteiger partial charge in [-0.3, -0.25) is 4.57 Å². The van der Waals surface area contributed by atoms with E-state index in [1.54, 1.807) is 6.20 Å². The third-order valence-corrected chi connectivity index (χ3v) is 2.13. The van der Waals surface area contributed by atoms with Crippen LogP contribution in [0.1, 0.15) is 5.82 Å². The first-order valence-electron chi connectivity index (χ1n) is 3.94. The normalized spacial score (nSPS) is 9.87. The summed E-state index contributed by atoms with van der Waals surface area (Å²) in [7, 11) is 0. The predicted molar refractivity (Wildman–Crippen MR) is 53.3 cm³/mol. The van der Waals surface area contributed by atoms with Crippen LogP contribution in [0.25, 0.3) is 5.82 Å². The lowest BCUT2D eigenvalue weighted by atomic mass is 10.5. The van der Waals surface area contributed by atoms with Crippen molar-refractivity contribution in [1.82, 2.24) is 19.5 Å². The summed E-state index contributed by atoms with van der Waals surface area (Å²) in [6, 6.07) is 1.91. The Kier molecular flexibility index (Phi) is 2.23. The van der Waals surface area contributed by atoms with Crippen molar-refractivity contribution in [3.63, 3.8) is 0 Å². The molecule has 2 N–H and O–H groups in total. The monoisotopic (exact) mass is 220 g/mol. The molecule has 74 valence electrons. The van der Waals surface area contributed by atoms with E-state index in [1.807, 2.05) is 6.07 Å². The van der Waals surface area contributed by atoms with Crippen molar-refractivity contribution >= 4 is 17.4 Å². The molecule has 2 aromatic rings. The van der Waals surface area contributed by atoms with Gasteiger partial charge in [0, 0.05) is 12.4 Å². The Morgan fingerprint density at radius 2 is 2.20 bits per heavy atom. The Labute approximate surface area is 90.0 Å². The molecule has 0 saturated heterocycles. The van der Waals surface area contributed by atoms with Gasteiger partial charge >= 0.3 is 0 Å². The number of rotatable bonds is 1. The van der Waals surface area contributed by atoms with E-state index in [1.165, 1.54) is 17.1 Å². The van der Waals surface area contributed by atoms with Crippen molar-refractivity contribution < 1.29 is 0 Å². The minimum Gasteiger partial charge on any atom is -0.382 e. The first kappa shape index (κ1) is 9.43. The topological polar surface area (TPSA) is 93.4 Å². The number of anilines is 1. The molecule has 0 amide bonds. The lowest BCUT2D eigenvalue weighted by Crippen LogP contribution is -2.03. The molecule has 2 rings (SSSR count). The first-order chi connectivity index (χ1) is 7.24. The van der Waals surface area contributed by atoms with Gasteiger partial charge in [-0.25, -0.2) is 15.0 Å². The second-order valence-electron chi connectivity index (χ2n) is 2.63. The van der Waals surface area contributed by atoms with Gasteiger partial charge in [-0.15, -0.1) is 0 Å². The van der Waals surface area contributed by atoms with E-state index in [9.17, 15) is 0 Å². The molecule has 7 heteroatoms. The number of halogens is 1. The van der Waals surface area contributed by atoms with Crippen LogP contribution in [0.5, 0.6) is 0 Å². The molecule has 0 unspecified atom stereocenters. The summed E-state index contributed by atoms with van der Waals surface area (Å²) in [5.74, 6) is 0.701. The number of nitrogen functional groups attached to an aromatic ring is 1. The van der Waals surface area contributed by atoms with Crippen molar-refractivity contribution in [2.75, 3.05) is 5.73 Å². The number of nitrogens with zero attached hydrogens (tertiary/aromatic N) is 5. The molecule has 0 bridgehead atoms. The summed E-state index contributed by atoms with van der Waals surface area (Å²) in [5, 5.41) is 8.98. The molecular formula is C8H5ClN6. The highest BCUT2D eigenvalue weighted by Crippen LogP contribution is 2.22. The van der Waals surface area contributed by atoms with Gasteiger partial charge in [0.25, 0.3) is 0 Å². The van der Waals surface area contributed by atoms with Gasteiger partial charge in [-0.1, -0.05) is 11.6 Å². The summed E-state index contributed by atoms with van der Waals surface area (Å²) in [6.07, 6.45) is 4.33. The number of aromatic nitrogens is 4. The fourth-order valence-corrected chi connectivity index (χ4v) is 1.29. The maximum atomic E-state index is 8.78. The minimum absolute atomic E-state index is 0.166. The van der Waals surface area contributed by atoms with Crippen LogP contribution in [0, 0.1) is 11.3 Å². The van der Waals surface area contributed by atoms with E-state index in [2.05, 4.69) is 15.0 Å². The van der Waals surface area contributed by atoms with Crippen molar-refractivity contribution in [2.24, 2.45) is 0 Å².